The number of carbonyl (C=O) groups excluding carboxylic acids is 2. The fourth-order valence-corrected chi connectivity index (χ4v) is 5.86. The Morgan fingerprint density at radius 3 is 1.78 bits per heavy atom. The van der Waals surface area contributed by atoms with E-state index in [2.05, 4.69) is 40.5 Å². The number of carbonyl (C=O) groups is 2. The van der Waals surface area contributed by atoms with Gasteiger partial charge in [0.25, 0.3) is 11.1 Å². The Balaban J connectivity index is 1.16. The van der Waals surface area contributed by atoms with Crippen LogP contribution < -0.4 is 21.8 Å². The van der Waals surface area contributed by atoms with Gasteiger partial charge in [0.15, 0.2) is 10.3 Å². The second-order valence-electron chi connectivity index (χ2n) is 10.2. The van der Waals surface area contributed by atoms with E-state index in [1.165, 1.54) is 35.7 Å². The average Bonchev–Trinajstić information content (AvgIpc) is 3.43. The van der Waals surface area contributed by atoms with Crippen molar-refractivity contribution in [1.29, 1.82) is 0 Å². The number of nitrogens with one attached hydrogen (secondary N) is 5. The van der Waals surface area contributed by atoms with Gasteiger partial charge >= 0.3 is 0 Å². The maximum absolute atomic E-state index is 12.6. The number of amides is 2. The average molecular weight is 645 g/mol. The summed E-state index contributed by atoms with van der Waals surface area (Å²) < 4.78 is 0. The number of hydrogen-bond donors (Lipinski definition) is 5. The van der Waals surface area contributed by atoms with Crippen molar-refractivity contribution in [1.82, 2.24) is 29.9 Å². The molecule has 2 aromatic carbocycles. The van der Waals surface area contributed by atoms with Crippen LogP contribution in [0.15, 0.2) is 74.5 Å². The molecule has 0 saturated heterocycles. The van der Waals surface area contributed by atoms with Gasteiger partial charge in [-0.2, -0.15) is 0 Å². The van der Waals surface area contributed by atoms with Gasteiger partial charge in [-0.05, 0) is 55.3 Å². The molecule has 0 bridgehead atoms. The maximum Gasteiger partial charge on any atom is 0.251 e. The minimum atomic E-state index is -0.229. The lowest BCUT2D eigenvalue weighted by molar-refractivity contribution is -0.114. The molecule has 0 unspecified atom stereocenters. The van der Waals surface area contributed by atoms with E-state index in [9.17, 15) is 19.2 Å². The number of benzene rings is 2. The molecule has 2 amide bonds. The second kappa shape index (κ2) is 14.9. The predicted octanol–water partition coefficient (Wildman–Crippen LogP) is 4.76. The highest BCUT2D eigenvalue weighted by atomic mass is 32.2. The van der Waals surface area contributed by atoms with E-state index in [-0.39, 0.29) is 34.4 Å². The molecule has 5 N–H and O–H groups in total. The number of nitrogens with zero attached hydrogens (tertiary/aromatic N) is 3. The summed E-state index contributed by atoms with van der Waals surface area (Å²) in [6.45, 7) is 4.03. The van der Waals surface area contributed by atoms with Crippen molar-refractivity contribution in [3.63, 3.8) is 0 Å². The number of fused-ring (bicyclic) bond motifs is 1. The zero-order valence-corrected chi connectivity index (χ0v) is 26.4. The molecule has 3 aromatic heterocycles. The van der Waals surface area contributed by atoms with Gasteiger partial charge in [-0.15, -0.1) is 0 Å². The quantitative estimate of drug-likeness (QED) is 0.0892. The van der Waals surface area contributed by atoms with Gasteiger partial charge in [-0.25, -0.2) is 15.0 Å². The van der Waals surface area contributed by atoms with Gasteiger partial charge in [0.05, 0.1) is 22.5 Å². The molecular weight excluding hydrogens is 613 g/mol. The first-order valence-corrected chi connectivity index (χ1v) is 16.4. The van der Waals surface area contributed by atoms with Crippen LogP contribution in [0.4, 0.5) is 11.4 Å². The first kappa shape index (κ1) is 31.7. The zero-order valence-electron chi connectivity index (χ0n) is 24.7. The van der Waals surface area contributed by atoms with E-state index in [1.54, 1.807) is 18.2 Å². The number of rotatable bonds is 13. The van der Waals surface area contributed by atoms with Crippen LogP contribution in [0.2, 0.25) is 0 Å². The lowest BCUT2D eigenvalue weighted by Crippen LogP contribution is -2.15. The molecule has 14 heteroatoms. The van der Waals surface area contributed by atoms with E-state index in [1.807, 2.05) is 38.1 Å². The first-order valence-electron chi connectivity index (χ1n) is 14.4. The fraction of sp³-hybridized carbons (Fsp3) is 0.258. The van der Waals surface area contributed by atoms with Crippen LogP contribution >= 0.6 is 23.5 Å². The van der Waals surface area contributed by atoms with Crippen LogP contribution in [0.1, 0.15) is 38.1 Å². The Hall–Kier alpha value is -4.69. The van der Waals surface area contributed by atoms with Crippen molar-refractivity contribution in [2.75, 3.05) is 22.1 Å². The largest absolute Gasteiger partial charge is 0.338 e. The maximum atomic E-state index is 12.6. The molecule has 3 heterocycles. The van der Waals surface area contributed by atoms with Crippen molar-refractivity contribution < 1.29 is 9.59 Å². The van der Waals surface area contributed by atoms with Crippen LogP contribution in [0, 0.1) is 0 Å². The number of H-pyrrole nitrogens is 3. The first-order chi connectivity index (χ1) is 21.8. The van der Waals surface area contributed by atoms with Crippen LogP contribution in [-0.4, -0.2) is 53.2 Å². The molecule has 232 valence electrons. The number of aromatic amines is 3. The molecule has 0 aliphatic carbocycles. The Kier molecular flexibility index (Phi) is 10.5. The topological polar surface area (TPSA) is 178 Å². The Morgan fingerprint density at radius 2 is 1.22 bits per heavy atom. The number of aromatic nitrogens is 6. The van der Waals surface area contributed by atoms with Gasteiger partial charge in [0, 0.05) is 40.5 Å². The summed E-state index contributed by atoms with van der Waals surface area (Å²) in [7, 11) is 0. The molecule has 0 atom stereocenters. The highest BCUT2D eigenvalue weighted by molar-refractivity contribution is 8.00. The van der Waals surface area contributed by atoms with Gasteiger partial charge in [-0.3, -0.25) is 19.2 Å². The minimum Gasteiger partial charge on any atom is -0.338 e. The normalized spacial score (nSPS) is 11.1. The summed E-state index contributed by atoms with van der Waals surface area (Å²) in [5.41, 5.74) is 4.50. The van der Waals surface area contributed by atoms with E-state index >= 15 is 0 Å². The molecular formula is C31H32N8O4S2. The highest BCUT2D eigenvalue weighted by Crippen LogP contribution is 2.25. The van der Waals surface area contributed by atoms with Crippen molar-refractivity contribution in [2.24, 2.45) is 0 Å². The van der Waals surface area contributed by atoms with Crippen LogP contribution in [0.3, 0.4) is 0 Å². The summed E-state index contributed by atoms with van der Waals surface area (Å²) >= 11 is 2.35. The summed E-state index contributed by atoms with van der Waals surface area (Å²) in [6.07, 6.45) is 3.16. The van der Waals surface area contributed by atoms with Crippen LogP contribution in [0.25, 0.3) is 22.4 Å². The predicted molar refractivity (Wildman–Crippen MR) is 178 cm³/mol. The van der Waals surface area contributed by atoms with Crippen LogP contribution in [0.5, 0.6) is 0 Å². The van der Waals surface area contributed by atoms with Crippen molar-refractivity contribution in [2.45, 2.75) is 49.8 Å². The minimum absolute atomic E-state index is 0.0922. The van der Waals surface area contributed by atoms with Crippen molar-refractivity contribution in [3.8, 4) is 11.4 Å². The Labute approximate surface area is 266 Å². The Bertz CT molecular complexity index is 1930. The molecule has 5 rings (SSSR count). The van der Waals surface area contributed by atoms with Gasteiger partial charge < -0.3 is 25.6 Å². The lowest BCUT2D eigenvalue weighted by atomic mass is 10.2. The molecule has 5 aromatic rings. The lowest BCUT2D eigenvalue weighted by Gasteiger charge is -2.06. The third kappa shape index (κ3) is 8.92. The smallest absolute Gasteiger partial charge is 0.251 e. The zero-order chi connectivity index (χ0) is 31.8. The third-order valence-corrected chi connectivity index (χ3v) is 8.19. The highest BCUT2D eigenvalue weighted by Gasteiger charge is 2.11. The van der Waals surface area contributed by atoms with E-state index < -0.39 is 0 Å². The molecule has 0 aliphatic heterocycles. The van der Waals surface area contributed by atoms with E-state index in [0.29, 0.717) is 51.7 Å². The molecule has 0 aliphatic rings. The molecule has 0 radical (unpaired) electrons. The van der Waals surface area contributed by atoms with Crippen molar-refractivity contribution in [3.05, 3.63) is 86.7 Å². The standard InChI is InChI=1S/C31H32N8O4S2/c1-3-5-20-14-25(40)38-30(34-20)44-16-27(42)32-19-9-7-18(8-10-19)29-36-23-12-11-22(13-24(23)37-29)33-28(43)17-45-31-35-21(6-4-2)15-26(41)39-31/h7-15H,3-6,16-17H2,1-2H3,(H,32,42)(H,33,43)(H,36,37)(H,34,38,40)(H,35,39,41). The number of anilines is 2. The molecule has 12 nitrogen and oxygen atoms in total. The number of imidazole rings is 1. The number of thioether (sulfide) groups is 2. The molecule has 0 saturated carbocycles. The van der Waals surface area contributed by atoms with Crippen molar-refractivity contribution >= 4 is 57.7 Å². The summed E-state index contributed by atoms with van der Waals surface area (Å²) in [5, 5.41) is 6.57. The monoisotopic (exact) mass is 644 g/mol. The number of aryl methyl sites for hydroxylation is 2. The van der Waals surface area contributed by atoms with Crippen LogP contribution in [-0.2, 0) is 22.4 Å². The SMILES string of the molecule is CCCc1cc(=O)[nH]c(SCC(=O)Nc2ccc(-c3nc4ccc(NC(=O)CSc5nc(CCC)cc(=O)[nH]5)cc4[nH]3)cc2)n1. The molecule has 0 fully saturated rings. The molecule has 45 heavy (non-hydrogen) atoms. The Morgan fingerprint density at radius 1 is 0.689 bits per heavy atom. The summed E-state index contributed by atoms with van der Waals surface area (Å²) in [6, 6.07) is 15.6. The van der Waals surface area contributed by atoms with Gasteiger partial charge in [-0.1, -0.05) is 50.2 Å². The number of hydrogen-bond acceptors (Lipinski definition) is 9. The van der Waals surface area contributed by atoms with E-state index in [0.717, 1.165) is 29.4 Å². The second-order valence-corrected chi connectivity index (χ2v) is 12.1. The summed E-state index contributed by atoms with van der Waals surface area (Å²) in [5.74, 6) is 0.385. The summed E-state index contributed by atoms with van der Waals surface area (Å²) in [4.78, 5) is 70.9. The van der Waals surface area contributed by atoms with Gasteiger partial charge in [0.1, 0.15) is 5.82 Å². The third-order valence-electron chi connectivity index (χ3n) is 6.45. The van der Waals surface area contributed by atoms with Gasteiger partial charge in [0.2, 0.25) is 11.8 Å². The fourth-order valence-electron chi connectivity index (χ4n) is 4.47. The van der Waals surface area contributed by atoms with E-state index in [4.69, 9.17) is 0 Å². The molecule has 0 spiro atoms.